The number of carbonyl (C=O) groups excluding carboxylic acids is 1. The average Bonchev–Trinajstić information content (AvgIpc) is 3.29. The Morgan fingerprint density at radius 3 is 2.23 bits per heavy atom. The minimum absolute atomic E-state index is 0.123. The molecule has 0 atom stereocenters. The number of anilines is 1. The van der Waals surface area contributed by atoms with Crippen LogP contribution in [0.2, 0.25) is 0 Å². The van der Waals surface area contributed by atoms with Gasteiger partial charge in [-0.15, -0.1) is 0 Å². The second-order valence-electron chi connectivity index (χ2n) is 7.75. The zero-order chi connectivity index (χ0) is 22.6. The number of carbonyl (C=O) groups is 1. The Balaban J connectivity index is 1.98. The van der Waals surface area contributed by atoms with Gasteiger partial charge in [0.25, 0.3) is 5.91 Å². The van der Waals surface area contributed by atoms with Crippen LogP contribution in [-0.4, -0.2) is 56.8 Å². The lowest BCUT2D eigenvalue weighted by atomic mass is 10.1. The van der Waals surface area contributed by atoms with Crippen molar-refractivity contribution < 1.29 is 17.6 Å². The summed E-state index contributed by atoms with van der Waals surface area (Å²) in [5, 5.41) is 0. The molecule has 168 valence electrons. The third kappa shape index (κ3) is 5.07. The topological polar surface area (TPSA) is 60.9 Å². The van der Waals surface area contributed by atoms with Crippen molar-refractivity contribution in [3.05, 3.63) is 59.4 Å². The first-order valence-corrected chi connectivity index (χ1v) is 12.1. The second-order valence-corrected chi connectivity index (χ2v) is 9.69. The maximum Gasteiger partial charge on any atom is 0.256 e. The van der Waals surface area contributed by atoms with Gasteiger partial charge in [-0.2, -0.15) is 4.31 Å². The molecule has 0 aliphatic carbocycles. The van der Waals surface area contributed by atoms with Crippen LogP contribution in [0.4, 0.5) is 10.1 Å². The van der Waals surface area contributed by atoms with E-state index >= 15 is 0 Å². The van der Waals surface area contributed by atoms with E-state index in [1.54, 1.807) is 45.2 Å². The highest BCUT2D eigenvalue weighted by atomic mass is 32.2. The Morgan fingerprint density at radius 1 is 1.03 bits per heavy atom. The molecule has 0 bridgehead atoms. The Morgan fingerprint density at radius 2 is 1.65 bits per heavy atom. The molecule has 0 spiro atoms. The van der Waals surface area contributed by atoms with Crippen molar-refractivity contribution in [2.45, 2.75) is 38.1 Å². The first kappa shape index (κ1) is 23.2. The van der Waals surface area contributed by atoms with Gasteiger partial charge in [0, 0.05) is 45.5 Å². The van der Waals surface area contributed by atoms with Gasteiger partial charge in [-0.3, -0.25) is 4.79 Å². The fourth-order valence-electron chi connectivity index (χ4n) is 3.93. The molecule has 0 aromatic heterocycles. The summed E-state index contributed by atoms with van der Waals surface area (Å²) in [4.78, 5) is 17.2. The predicted octanol–water partition coefficient (Wildman–Crippen LogP) is 3.73. The third-order valence-corrected chi connectivity index (χ3v) is 7.71. The van der Waals surface area contributed by atoms with E-state index < -0.39 is 10.0 Å². The molecule has 8 heteroatoms. The minimum atomic E-state index is -3.68. The van der Waals surface area contributed by atoms with Crippen molar-refractivity contribution >= 4 is 21.6 Å². The van der Waals surface area contributed by atoms with Crippen LogP contribution in [0.5, 0.6) is 0 Å². The van der Waals surface area contributed by atoms with Gasteiger partial charge < -0.3 is 9.80 Å². The number of halogens is 1. The van der Waals surface area contributed by atoms with E-state index in [-0.39, 0.29) is 16.6 Å². The summed E-state index contributed by atoms with van der Waals surface area (Å²) in [6.45, 7) is 6.28. The van der Waals surface area contributed by atoms with Gasteiger partial charge >= 0.3 is 0 Å². The van der Waals surface area contributed by atoms with Crippen molar-refractivity contribution in [1.29, 1.82) is 0 Å². The molecule has 3 rings (SSSR count). The summed E-state index contributed by atoms with van der Waals surface area (Å²) in [6, 6.07) is 10.9. The molecule has 1 amide bonds. The summed E-state index contributed by atoms with van der Waals surface area (Å²) < 4.78 is 40.7. The molecule has 31 heavy (non-hydrogen) atoms. The van der Waals surface area contributed by atoms with Gasteiger partial charge in [-0.05, 0) is 48.7 Å². The van der Waals surface area contributed by atoms with Crippen LogP contribution in [0, 0.1) is 5.82 Å². The lowest BCUT2D eigenvalue weighted by molar-refractivity contribution is 0.0785. The Bertz CT molecular complexity index is 1010. The largest absolute Gasteiger partial charge is 0.371 e. The second kappa shape index (κ2) is 9.78. The molecule has 1 aliphatic heterocycles. The molecule has 1 aliphatic rings. The standard InChI is InChI=1S/C23H30FN3O3S/c1-4-27(5-2)31(29,30)20-12-13-22(26-14-6-7-15-26)21(16-20)23(28)25(3)17-18-8-10-19(24)11-9-18/h8-13,16H,4-7,14-15,17H2,1-3H3. The third-order valence-electron chi connectivity index (χ3n) is 5.67. The van der Waals surface area contributed by atoms with Crippen molar-refractivity contribution in [1.82, 2.24) is 9.21 Å². The summed E-state index contributed by atoms with van der Waals surface area (Å²) in [5.74, 6) is -0.591. The van der Waals surface area contributed by atoms with Gasteiger partial charge in [0.2, 0.25) is 10.0 Å². The van der Waals surface area contributed by atoms with Crippen molar-refractivity contribution in [2.75, 3.05) is 38.1 Å². The Labute approximate surface area is 184 Å². The van der Waals surface area contributed by atoms with Gasteiger partial charge in [-0.1, -0.05) is 26.0 Å². The van der Waals surface area contributed by atoms with Gasteiger partial charge in [0.05, 0.1) is 10.5 Å². The van der Waals surface area contributed by atoms with Gasteiger partial charge in [0.1, 0.15) is 5.82 Å². The summed E-state index contributed by atoms with van der Waals surface area (Å²) in [6.07, 6.45) is 2.08. The summed E-state index contributed by atoms with van der Waals surface area (Å²) in [5.41, 5.74) is 1.93. The van der Waals surface area contributed by atoms with Gasteiger partial charge in [0.15, 0.2) is 0 Å². The van der Waals surface area contributed by atoms with Crippen molar-refractivity contribution in [2.24, 2.45) is 0 Å². The number of hydrogen-bond acceptors (Lipinski definition) is 4. The number of amides is 1. The molecular weight excluding hydrogens is 417 g/mol. The van der Waals surface area contributed by atoms with Crippen LogP contribution < -0.4 is 4.90 Å². The lowest BCUT2D eigenvalue weighted by Gasteiger charge is -2.26. The maximum absolute atomic E-state index is 13.4. The molecule has 2 aromatic carbocycles. The molecule has 0 saturated carbocycles. The zero-order valence-corrected chi connectivity index (χ0v) is 19.2. The van der Waals surface area contributed by atoms with E-state index in [1.807, 2.05) is 0 Å². The van der Waals surface area contributed by atoms with Crippen molar-refractivity contribution in [3.8, 4) is 0 Å². The fraction of sp³-hybridized carbons (Fsp3) is 0.435. The number of rotatable bonds is 8. The van der Waals surface area contributed by atoms with Crippen LogP contribution >= 0.6 is 0 Å². The number of sulfonamides is 1. The van der Waals surface area contributed by atoms with Crippen LogP contribution in [0.15, 0.2) is 47.4 Å². The molecule has 0 radical (unpaired) electrons. The monoisotopic (exact) mass is 447 g/mol. The molecule has 0 N–H and O–H groups in total. The van der Waals surface area contributed by atoms with Crippen LogP contribution in [-0.2, 0) is 16.6 Å². The Kier molecular flexibility index (Phi) is 7.33. The van der Waals surface area contributed by atoms with Crippen LogP contribution in [0.1, 0.15) is 42.6 Å². The number of nitrogens with zero attached hydrogens (tertiary/aromatic N) is 3. The predicted molar refractivity (Wildman–Crippen MR) is 120 cm³/mol. The summed E-state index contributed by atoms with van der Waals surface area (Å²) in [7, 11) is -2.01. The lowest BCUT2D eigenvalue weighted by Crippen LogP contribution is -2.32. The van der Waals surface area contributed by atoms with Crippen LogP contribution in [0.3, 0.4) is 0 Å². The normalized spacial score (nSPS) is 14.3. The van der Waals surface area contributed by atoms with Crippen LogP contribution in [0.25, 0.3) is 0 Å². The number of benzene rings is 2. The molecular formula is C23H30FN3O3S. The zero-order valence-electron chi connectivity index (χ0n) is 18.3. The highest BCUT2D eigenvalue weighted by Gasteiger charge is 2.27. The minimum Gasteiger partial charge on any atom is -0.371 e. The van der Waals surface area contributed by atoms with E-state index in [0.717, 1.165) is 37.2 Å². The maximum atomic E-state index is 13.4. The van der Waals surface area contributed by atoms with E-state index in [2.05, 4.69) is 4.90 Å². The fourth-order valence-corrected chi connectivity index (χ4v) is 5.42. The van der Waals surface area contributed by atoms with E-state index in [4.69, 9.17) is 0 Å². The van der Waals surface area contributed by atoms with Gasteiger partial charge in [-0.25, -0.2) is 12.8 Å². The quantitative estimate of drug-likeness (QED) is 0.619. The molecule has 1 saturated heterocycles. The first-order valence-electron chi connectivity index (χ1n) is 10.7. The Hall–Kier alpha value is -2.45. The van der Waals surface area contributed by atoms with Crippen molar-refractivity contribution in [3.63, 3.8) is 0 Å². The van der Waals surface area contributed by atoms with E-state index in [1.165, 1.54) is 27.4 Å². The molecule has 6 nitrogen and oxygen atoms in total. The van der Waals surface area contributed by atoms with E-state index in [0.29, 0.717) is 25.2 Å². The molecule has 1 fully saturated rings. The SMILES string of the molecule is CCN(CC)S(=O)(=O)c1ccc(N2CCCC2)c(C(=O)N(C)Cc2ccc(F)cc2)c1. The average molecular weight is 448 g/mol. The molecule has 1 heterocycles. The highest BCUT2D eigenvalue weighted by Crippen LogP contribution is 2.29. The smallest absolute Gasteiger partial charge is 0.256 e. The molecule has 0 unspecified atom stereocenters. The van der Waals surface area contributed by atoms with E-state index in [9.17, 15) is 17.6 Å². The highest BCUT2D eigenvalue weighted by molar-refractivity contribution is 7.89. The summed E-state index contributed by atoms with van der Waals surface area (Å²) >= 11 is 0. The number of hydrogen-bond donors (Lipinski definition) is 0. The first-order chi connectivity index (χ1) is 14.8. The molecule has 2 aromatic rings.